The molecule has 0 atom stereocenters. The van der Waals surface area contributed by atoms with Crippen molar-refractivity contribution < 1.29 is 19.1 Å². The van der Waals surface area contributed by atoms with Gasteiger partial charge in [0.1, 0.15) is 6.61 Å². The van der Waals surface area contributed by atoms with Gasteiger partial charge in [-0.1, -0.05) is 35.9 Å². The number of carbonyl (C=O) groups excluding carboxylic acids is 2. The molecule has 9 heteroatoms. The van der Waals surface area contributed by atoms with Gasteiger partial charge in [-0.15, -0.1) is 6.42 Å². The van der Waals surface area contributed by atoms with Gasteiger partial charge in [-0.25, -0.2) is 0 Å². The number of carbonyl (C=O) groups is 2. The highest BCUT2D eigenvalue weighted by molar-refractivity contribution is 9.10. The van der Waals surface area contributed by atoms with Crippen molar-refractivity contribution in [2.24, 2.45) is 0 Å². The average Bonchev–Trinajstić information content (AvgIpc) is 3.00. The van der Waals surface area contributed by atoms with E-state index in [0.717, 1.165) is 16.8 Å². The van der Waals surface area contributed by atoms with Crippen LogP contribution in [-0.2, 0) is 4.79 Å². The first kappa shape index (κ1) is 21.9. The molecular weight excluding hydrogens is 488 g/mol. The lowest BCUT2D eigenvalue weighted by molar-refractivity contribution is -0.123. The third-order valence-corrected chi connectivity index (χ3v) is 5.78. The Hall–Kier alpha value is -2.80. The second-order valence-corrected chi connectivity index (χ2v) is 8.38. The number of methoxy groups -OCH3 is 1. The van der Waals surface area contributed by atoms with Crippen LogP contribution in [0.3, 0.4) is 0 Å². The number of rotatable bonds is 6. The summed E-state index contributed by atoms with van der Waals surface area (Å²) in [7, 11) is 1.51. The van der Waals surface area contributed by atoms with Crippen molar-refractivity contribution >= 4 is 62.1 Å². The molecule has 0 bridgehead atoms. The van der Waals surface area contributed by atoms with Crippen molar-refractivity contribution in [3.05, 3.63) is 63.0 Å². The molecular formula is C21H15BrN2O4S2. The number of hydrazine groups is 1. The van der Waals surface area contributed by atoms with Crippen LogP contribution in [-0.4, -0.2) is 34.9 Å². The van der Waals surface area contributed by atoms with Gasteiger partial charge in [-0.05, 0) is 64.1 Å². The van der Waals surface area contributed by atoms with Gasteiger partial charge in [0.25, 0.3) is 11.8 Å². The first-order valence-corrected chi connectivity index (χ1v) is 10.5. The predicted octanol–water partition coefficient (Wildman–Crippen LogP) is 4.02. The number of thiocarbonyl (C=S) groups is 1. The molecule has 6 nitrogen and oxygen atoms in total. The summed E-state index contributed by atoms with van der Waals surface area (Å²) in [4.78, 5) is 25.5. The molecule has 1 aliphatic rings. The zero-order valence-electron chi connectivity index (χ0n) is 15.7. The van der Waals surface area contributed by atoms with Crippen LogP contribution in [0.5, 0.6) is 11.5 Å². The largest absolute Gasteiger partial charge is 0.493 e. The number of thioether (sulfide) groups is 1. The SMILES string of the molecule is C#CCOc1c(Br)cc(/C=C2\SC(=S)N(NC(=O)c3ccccc3)C2=O)cc1OC. The van der Waals surface area contributed by atoms with Crippen molar-refractivity contribution in [1.29, 1.82) is 0 Å². The molecule has 2 aromatic carbocycles. The van der Waals surface area contributed by atoms with Crippen molar-refractivity contribution in [1.82, 2.24) is 10.4 Å². The van der Waals surface area contributed by atoms with Crippen molar-refractivity contribution in [2.45, 2.75) is 0 Å². The normalized spacial score (nSPS) is 14.6. The highest BCUT2D eigenvalue weighted by Crippen LogP contribution is 2.39. The summed E-state index contributed by atoms with van der Waals surface area (Å²) >= 11 is 9.78. The Bertz CT molecular complexity index is 1080. The Morgan fingerprint density at radius 3 is 2.77 bits per heavy atom. The molecule has 0 aromatic heterocycles. The minimum atomic E-state index is -0.424. The molecule has 1 N–H and O–H groups in total. The topological polar surface area (TPSA) is 67.9 Å². The first-order valence-electron chi connectivity index (χ1n) is 8.52. The van der Waals surface area contributed by atoms with Crippen molar-refractivity contribution in [2.75, 3.05) is 13.7 Å². The standard InChI is InChI=1S/C21H15BrN2O4S2/c1-3-9-28-18-15(22)10-13(11-16(18)27-2)12-17-20(26)24(21(29)30-17)23-19(25)14-7-5-4-6-8-14/h1,4-8,10-12H,9H2,2H3,(H,23,25)/b17-12-. The fraction of sp³-hybridized carbons (Fsp3) is 0.0952. The molecule has 152 valence electrons. The van der Waals surface area contributed by atoms with Crippen molar-refractivity contribution in [3.8, 4) is 23.8 Å². The highest BCUT2D eigenvalue weighted by Gasteiger charge is 2.33. The minimum Gasteiger partial charge on any atom is -0.493 e. The highest BCUT2D eigenvalue weighted by atomic mass is 79.9. The third-order valence-electron chi connectivity index (χ3n) is 3.89. The van der Waals surface area contributed by atoms with Gasteiger partial charge >= 0.3 is 0 Å². The summed E-state index contributed by atoms with van der Waals surface area (Å²) in [6, 6.07) is 12.1. The maximum absolute atomic E-state index is 12.8. The zero-order chi connectivity index (χ0) is 21.7. The fourth-order valence-electron chi connectivity index (χ4n) is 2.55. The fourth-order valence-corrected chi connectivity index (χ4v) is 4.30. The van der Waals surface area contributed by atoms with E-state index in [-0.39, 0.29) is 10.9 Å². The maximum atomic E-state index is 12.8. The van der Waals surface area contributed by atoms with Crippen LogP contribution in [0.1, 0.15) is 15.9 Å². The quantitative estimate of drug-likeness (QED) is 0.365. The molecule has 1 aliphatic heterocycles. The van der Waals surface area contributed by atoms with Gasteiger partial charge < -0.3 is 9.47 Å². The molecule has 0 aliphatic carbocycles. The number of nitrogens with zero attached hydrogens (tertiary/aromatic N) is 1. The van der Waals surface area contributed by atoms with E-state index in [9.17, 15) is 9.59 Å². The van der Waals surface area contributed by atoms with E-state index in [1.165, 1.54) is 7.11 Å². The Labute approximate surface area is 191 Å². The van der Waals surface area contributed by atoms with Gasteiger partial charge in [0.15, 0.2) is 15.8 Å². The van der Waals surface area contributed by atoms with Gasteiger partial charge in [0.2, 0.25) is 0 Å². The molecule has 1 fully saturated rings. The second kappa shape index (κ2) is 9.80. The van der Waals surface area contributed by atoms with Gasteiger partial charge in [0.05, 0.1) is 16.5 Å². The Morgan fingerprint density at radius 1 is 1.37 bits per heavy atom. The number of benzene rings is 2. The number of hydrogen-bond donors (Lipinski definition) is 1. The van der Waals surface area contributed by atoms with Crippen molar-refractivity contribution in [3.63, 3.8) is 0 Å². The molecule has 1 heterocycles. The summed E-state index contributed by atoms with van der Waals surface area (Å²) < 4.78 is 11.7. The Kier molecular flexibility index (Phi) is 7.15. The molecule has 2 aromatic rings. The van der Waals surface area contributed by atoms with Crippen LogP contribution >= 0.6 is 39.9 Å². The van der Waals surface area contributed by atoms with Crippen LogP contribution in [0.25, 0.3) is 6.08 Å². The summed E-state index contributed by atoms with van der Waals surface area (Å²) in [6.45, 7) is 0.0913. The van der Waals surface area contributed by atoms with E-state index >= 15 is 0 Å². The van der Waals surface area contributed by atoms with E-state index in [2.05, 4.69) is 27.3 Å². The average molecular weight is 503 g/mol. The molecule has 0 radical (unpaired) electrons. The number of amides is 2. The molecule has 2 amide bonds. The lowest BCUT2D eigenvalue weighted by Crippen LogP contribution is -2.44. The van der Waals surface area contributed by atoms with Gasteiger partial charge in [0, 0.05) is 5.56 Å². The second-order valence-electron chi connectivity index (χ2n) is 5.85. The molecule has 1 saturated heterocycles. The summed E-state index contributed by atoms with van der Waals surface area (Å²) in [5.41, 5.74) is 3.65. The molecule has 30 heavy (non-hydrogen) atoms. The van der Waals surface area contributed by atoms with Crippen LogP contribution in [0.4, 0.5) is 0 Å². The summed E-state index contributed by atoms with van der Waals surface area (Å²) in [5, 5.41) is 1.07. The lowest BCUT2D eigenvalue weighted by atomic mass is 10.2. The number of hydrogen-bond acceptors (Lipinski definition) is 6. The van der Waals surface area contributed by atoms with E-state index in [4.69, 9.17) is 28.1 Å². The molecule has 0 saturated carbocycles. The van der Waals surface area contributed by atoms with E-state index in [0.29, 0.717) is 32.0 Å². The summed E-state index contributed by atoms with van der Waals surface area (Å²) in [6.07, 6.45) is 6.90. The van der Waals surface area contributed by atoms with Crippen LogP contribution in [0.15, 0.2) is 51.8 Å². The van der Waals surface area contributed by atoms with Crippen LogP contribution in [0, 0.1) is 12.3 Å². The van der Waals surface area contributed by atoms with E-state index in [1.807, 2.05) is 0 Å². The molecule has 0 unspecified atom stereocenters. The van der Waals surface area contributed by atoms with Crippen LogP contribution in [0.2, 0.25) is 0 Å². The molecule has 3 rings (SSSR count). The monoisotopic (exact) mass is 502 g/mol. The van der Waals surface area contributed by atoms with Gasteiger partial charge in [-0.3, -0.25) is 15.0 Å². The summed E-state index contributed by atoms with van der Waals surface area (Å²) in [5.74, 6) is 2.48. The van der Waals surface area contributed by atoms with Crippen LogP contribution < -0.4 is 14.9 Å². The minimum absolute atomic E-state index is 0.0913. The zero-order valence-corrected chi connectivity index (χ0v) is 18.9. The lowest BCUT2D eigenvalue weighted by Gasteiger charge is -2.15. The Morgan fingerprint density at radius 2 is 2.10 bits per heavy atom. The third kappa shape index (κ3) is 4.84. The number of terminal acetylenes is 1. The molecule has 0 spiro atoms. The number of halogens is 1. The number of ether oxygens (including phenoxy) is 2. The predicted molar refractivity (Wildman–Crippen MR) is 124 cm³/mol. The number of nitrogens with one attached hydrogen (secondary N) is 1. The Balaban J connectivity index is 1.82. The maximum Gasteiger partial charge on any atom is 0.285 e. The first-order chi connectivity index (χ1) is 14.4. The van der Waals surface area contributed by atoms with E-state index in [1.54, 1.807) is 48.5 Å². The van der Waals surface area contributed by atoms with E-state index < -0.39 is 11.8 Å². The van der Waals surface area contributed by atoms with Gasteiger partial charge in [-0.2, -0.15) is 5.01 Å². The smallest absolute Gasteiger partial charge is 0.285 e.